The van der Waals surface area contributed by atoms with Crippen molar-refractivity contribution in [2.75, 3.05) is 25.6 Å². The van der Waals surface area contributed by atoms with Crippen molar-refractivity contribution in [3.63, 3.8) is 0 Å². The number of ether oxygens (including phenoxy) is 1. The number of benzene rings is 1. The van der Waals surface area contributed by atoms with Crippen LogP contribution < -0.4 is 20.9 Å². The number of aliphatic hydroxyl groups excluding tert-OH is 1. The summed E-state index contributed by atoms with van der Waals surface area (Å²) in [5, 5.41) is 10.4. The predicted molar refractivity (Wildman–Crippen MR) is 97.9 cm³/mol. The van der Waals surface area contributed by atoms with Crippen molar-refractivity contribution >= 4 is 17.1 Å². The number of nitrogens with zero attached hydrogens (tertiary/aromatic N) is 4. The first kappa shape index (κ1) is 17.7. The fourth-order valence-electron chi connectivity index (χ4n) is 2.71. The van der Waals surface area contributed by atoms with Crippen LogP contribution in [0.5, 0.6) is 5.75 Å². The van der Waals surface area contributed by atoms with Crippen LogP contribution >= 0.6 is 0 Å². The number of aromatic nitrogens is 4. The highest BCUT2D eigenvalue weighted by molar-refractivity contribution is 5.74. The van der Waals surface area contributed by atoms with Gasteiger partial charge in [-0.2, -0.15) is 4.98 Å². The lowest BCUT2D eigenvalue weighted by Gasteiger charge is -2.18. The summed E-state index contributed by atoms with van der Waals surface area (Å²) in [5.74, 6) is 1.11. The number of aryl methyl sites for hydroxylation is 1. The average Bonchev–Trinajstić information content (AvgIpc) is 2.99. The summed E-state index contributed by atoms with van der Waals surface area (Å²) in [6.45, 7) is 0.151. The molecule has 0 saturated heterocycles. The number of aliphatic hydroxyl groups is 1. The maximum atomic E-state index is 12.3. The number of hydrogen-bond acceptors (Lipinski definition) is 6. The first-order valence-electron chi connectivity index (χ1n) is 8.11. The molecule has 2 N–H and O–H groups in total. The Kier molecular flexibility index (Phi) is 4.81. The molecule has 0 unspecified atom stereocenters. The quantitative estimate of drug-likeness (QED) is 0.638. The zero-order valence-corrected chi connectivity index (χ0v) is 14.8. The van der Waals surface area contributed by atoms with Crippen LogP contribution in [0, 0.1) is 0 Å². The van der Waals surface area contributed by atoms with Gasteiger partial charge in [-0.25, -0.2) is 4.79 Å². The molecule has 1 aromatic carbocycles. The van der Waals surface area contributed by atoms with Gasteiger partial charge >= 0.3 is 5.69 Å². The second-order valence-corrected chi connectivity index (χ2v) is 6.19. The van der Waals surface area contributed by atoms with Crippen LogP contribution in [0.15, 0.2) is 39.9 Å². The van der Waals surface area contributed by atoms with Crippen LogP contribution in [0.1, 0.15) is 0 Å². The smallest absolute Gasteiger partial charge is 0.329 e. The molecule has 26 heavy (non-hydrogen) atoms. The Balaban J connectivity index is 1.93. The minimum Gasteiger partial charge on any atom is -0.491 e. The van der Waals surface area contributed by atoms with E-state index in [1.165, 1.54) is 11.6 Å². The van der Waals surface area contributed by atoms with Crippen LogP contribution in [0.25, 0.3) is 11.2 Å². The van der Waals surface area contributed by atoms with Crippen molar-refractivity contribution in [2.45, 2.75) is 12.6 Å². The van der Waals surface area contributed by atoms with E-state index in [1.54, 1.807) is 35.7 Å². The molecule has 2 heterocycles. The highest BCUT2D eigenvalue weighted by Crippen LogP contribution is 2.18. The molecule has 3 rings (SSSR count). The minimum absolute atomic E-state index is 0.0558. The van der Waals surface area contributed by atoms with Gasteiger partial charge in [-0.15, -0.1) is 0 Å². The van der Waals surface area contributed by atoms with Crippen LogP contribution in [0.4, 0.5) is 5.95 Å². The van der Waals surface area contributed by atoms with Gasteiger partial charge < -0.3 is 19.3 Å². The zero-order chi connectivity index (χ0) is 18.8. The number of H-pyrrole nitrogens is 1. The van der Waals surface area contributed by atoms with Gasteiger partial charge in [0.05, 0.1) is 6.54 Å². The van der Waals surface area contributed by atoms with E-state index in [0.717, 1.165) is 0 Å². The third-order valence-electron chi connectivity index (χ3n) is 3.97. The number of anilines is 1. The summed E-state index contributed by atoms with van der Waals surface area (Å²) in [4.78, 5) is 32.5. The monoisotopic (exact) mass is 359 g/mol. The second-order valence-electron chi connectivity index (χ2n) is 6.19. The molecule has 0 aliphatic heterocycles. The summed E-state index contributed by atoms with van der Waals surface area (Å²) in [6, 6.07) is 9.15. The van der Waals surface area contributed by atoms with Crippen molar-refractivity contribution < 1.29 is 9.84 Å². The molecule has 9 heteroatoms. The Bertz CT molecular complexity index is 1020. The van der Waals surface area contributed by atoms with Gasteiger partial charge in [-0.05, 0) is 12.1 Å². The number of rotatable bonds is 6. The fraction of sp³-hybridized carbons (Fsp3) is 0.353. The highest BCUT2D eigenvalue weighted by atomic mass is 16.5. The number of fused-ring (bicyclic) bond motifs is 1. The Hall–Kier alpha value is -3.07. The minimum atomic E-state index is -0.872. The lowest BCUT2D eigenvalue weighted by atomic mass is 10.3. The van der Waals surface area contributed by atoms with Gasteiger partial charge in [0.1, 0.15) is 18.5 Å². The summed E-state index contributed by atoms with van der Waals surface area (Å²) in [6.07, 6.45) is -0.872. The third-order valence-corrected chi connectivity index (χ3v) is 3.97. The average molecular weight is 359 g/mol. The molecule has 2 aromatic heterocycles. The molecule has 0 aliphatic rings. The van der Waals surface area contributed by atoms with Crippen LogP contribution in [-0.4, -0.2) is 51.0 Å². The van der Waals surface area contributed by atoms with Crippen molar-refractivity contribution in [3.8, 4) is 5.75 Å². The van der Waals surface area contributed by atoms with E-state index >= 15 is 0 Å². The number of aromatic amines is 1. The van der Waals surface area contributed by atoms with E-state index in [-0.39, 0.29) is 24.3 Å². The largest absolute Gasteiger partial charge is 0.491 e. The number of para-hydroxylation sites is 1. The van der Waals surface area contributed by atoms with Gasteiger partial charge in [-0.3, -0.25) is 14.3 Å². The van der Waals surface area contributed by atoms with E-state index in [4.69, 9.17) is 4.74 Å². The summed E-state index contributed by atoms with van der Waals surface area (Å²) in [5.41, 5.74) is -0.585. The molecule has 0 saturated carbocycles. The summed E-state index contributed by atoms with van der Waals surface area (Å²) in [7, 11) is 5.08. The number of imidazole rings is 1. The van der Waals surface area contributed by atoms with Gasteiger partial charge in [0.15, 0.2) is 11.2 Å². The Morgan fingerprint density at radius 3 is 2.62 bits per heavy atom. The van der Waals surface area contributed by atoms with Gasteiger partial charge in [0.25, 0.3) is 5.56 Å². The van der Waals surface area contributed by atoms with Crippen LogP contribution in [0.3, 0.4) is 0 Å². The predicted octanol–water partition coefficient (Wildman–Crippen LogP) is -0.0708. The number of hydrogen-bond donors (Lipinski definition) is 2. The number of nitrogens with one attached hydrogen (secondary N) is 1. The SMILES string of the molecule is CN(C)c1nc2c(c(=O)[nH]c(=O)n2C)n1C[C@H](O)COc1ccccc1. The molecule has 0 radical (unpaired) electrons. The molecule has 138 valence electrons. The van der Waals surface area contributed by atoms with E-state index in [2.05, 4.69) is 9.97 Å². The highest BCUT2D eigenvalue weighted by Gasteiger charge is 2.20. The third kappa shape index (κ3) is 3.33. The fourth-order valence-corrected chi connectivity index (χ4v) is 2.71. The van der Waals surface area contributed by atoms with Crippen LogP contribution in [0.2, 0.25) is 0 Å². The normalized spacial score (nSPS) is 12.3. The van der Waals surface area contributed by atoms with E-state index < -0.39 is 17.4 Å². The second kappa shape index (κ2) is 7.04. The van der Waals surface area contributed by atoms with Gasteiger partial charge in [-0.1, -0.05) is 18.2 Å². The molecule has 0 bridgehead atoms. The zero-order valence-electron chi connectivity index (χ0n) is 14.8. The first-order valence-corrected chi connectivity index (χ1v) is 8.11. The Morgan fingerprint density at radius 2 is 1.96 bits per heavy atom. The molecule has 0 spiro atoms. The maximum Gasteiger partial charge on any atom is 0.329 e. The van der Waals surface area contributed by atoms with Crippen molar-refractivity contribution in [1.82, 2.24) is 19.1 Å². The van der Waals surface area contributed by atoms with Crippen molar-refractivity contribution in [2.24, 2.45) is 7.05 Å². The standard InChI is InChI=1S/C17H21N5O4/c1-20(2)16-18-14-13(15(24)19-17(25)21(14)3)22(16)9-11(23)10-26-12-7-5-4-6-8-12/h4-8,11,23H,9-10H2,1-3H3,(H,19,24,25)/t11-/m0/s1. The Labute approximate surface area is 149 Å². The first-order chi connectivity index (χ1) is 12.4. The maximum absolute atomic E-state index is 12.3. The summed E-state index contributed by atoms with van der Waals surface area (Å²) >= 11 is 0. The lowest BCUT2D eigenvalue weighted by Crippen LogP contribution is -2.31. The Morgan fingerprint density at radius 1 is 1.27 bits per heavy atom. The summed E-state index contributed by atoms with van der Waals surface area (Å²) < 4.78 is 8.42. The van der Waals surface area contributed by atoms with Crippen molar-refractivity contribution in [3.05, 3.63) is 51.2 Å². The molecule has 3 aromatic rings. The topological polar surface area (TPSA) is 105 Å². The molecule has 0 fully saturated rings. The molecule has 0 aliphatic carbocycles. The molecule has 0 amide bonds. The molecule has 1 atom stereocenters. The van der Waals surface area contributed by atoms with E-state index in [1.807, 2.05) is 18.2 Å². The van der Waals surface area contributed by atoms with Gasteiger partial charge in [0.2, 0.25) is 5.95 Å². The van der Waals surface area contributed by atoms with Gasteiger partial charge in [0, 0.05) is 21.1 Å². The molecular weight excluding hydrogens is 338 g/mol. The molecular formula is C17H21N5O4. The van der Waals surface area contributed by atoms with E-state index in [9.17, 15) is 14.7 Å². The van der Waals surface area contributed by atoms with Crippen molar-refractivity contribution in [1.29, 1.82) is 0 Å². The molecule has 9 nitrogen and oxygen atoms in total. The lowest BCUT2D eigenvalue weighted by molar-refractivity contribution is 0.0937. The van der Waals surface area contributed by atoms with E-state index in [0.29, 0.717) is 11.7 Å². The van der Waals surface area contributed by atoms with Crippen LogP contribution in [-0.2, 0) is 13.6 Å².